The lowest BCUT2D eigenvalue weighted by Crippen LogP contribution is -2.17. The first-order valence-corrected chi connectivity index (χ1v) is 3.90. The maximum Gasteiger partial charge on any atom is 0.573 e. The first-order valence-electron chi connectivity index (χ1n) is 3.90. The SMILES string of the molecule is CC(=O)c1cccc(OC(F)(F)F)c1O. The summed E-state index contributed by atoms with van der Waals surface area (Å²) in [6.07, 6.45) is -4.90. The molecule has 6 heteroatoms. The summed E-state index contributed by atoms with van der Waals surface area (Å²) in [5.41, 5.74) is -0.211. The summed E-state index contributed by atoms with van der Waals surface area (Å²) in [4.78, 5) is 10.9. The lowest BCUT2D eigenvalue weighted by atomic mass is 10.1. The van der Waals surface area contributed by atoms with Crippen LogP contribution < -0.4 is 4.74 Å². The number of carbonyl (C=O) groups is 1. The van der Waals surface area contributed by atoms with E-state index in [0.717, 1.165) is 13.0 Å². The molecule has 82 valence electrons. The van der Waals surface area contributed by atoms with Crippen LogP contribution >= 0.6 is 0 Å². The average Bonchev–Trinajstić information content (AvgIpc) is 2.05. The molecule has 0 amide bonds. The fourth-order valence-corrected chi connectivity index (χ4v) is 1.01. The summed E-state index contributed by atoms with van der Waals surface area (Å²) in [7, 11) is 0. The fourth-order valence-electron chi connectivity index (χ4n) is 1.01. The second kappa shape index (κ2) is 3.80. The molecule has 0 heterocycles. The number of rotatable bonds is 2. The summed E-state index contributed by atoms with van der Waals surface area (Å²) in [6.45, 7) is 1.13. The smallest absolute Gasteiger partial charge is 0.504 e. The monoisotopic (exact) mass is 220 g/mol. The molecule has 0 atom stereocenters. The summed E-state index contributed by atoms with van der Waals surface area (Å²) in [5.74, 6) is -2.13. The van der Waals surface area contributed by atoms with Gasteiger partial charge in [-0.3, -0.25) is 4.79 Å². The zero-order valence-electron chi connectivity index (χ0n) is 7.63. The van der Waals surface area contributed by atoms with Crippen LogP contribution in [0.4, 0.5) is 13.2 Å². The van der Waals surface area contributed by atoms with E-state index in [4.69, 9.17) is 0 Å². The molecule has 1 aromatic rings. The van der Waals surface area contributed by atoms with Gasteiger partial charge in [0.05, 0.1) is 5.56 Å². The van der Waals surface area contributed by atoms with E-state index in [1.165, 1.54) is 12.1 Å². The Balaban J connectivity index is 3.10. The van der Waals surface area contributed by atoms with Crippen LogP contribution in [-0.4, -0.2) is 17.3 Å². The minimum Gasteiger partial charge on any atom is -0.504 e. The minimum atomic E-state index is -4.90. The number of alkyl halides is 3. The minimum absolute atomic E-state index is 0.211. The second-order valence-corrected chi connectivity index (χ2v) is 2.76. The Labute approximate surface area is 83.1 Å². The number of benzene rings is 1. The van der Waals surface area contributed by atoms with Crippen LogP contribution in [-0.2, 0) is 0 Å². The van der Waals surface area contributed by atoms with Crippen LogP contribution in [0.3, 0.4) is 0 Å². The molecule has 1 rings (SSSR count). The molecule has 1 aromatic carbocycles. The Kier molecular flexibility index (Phi) is 2.88. The highest BCUT2D eigenvalue weighted by Gasteiger charge is 2.32. The quantitative estimate of drug-likeness (QED) is 0.779. The van der Waals surface area contributed by atoms with E-state index >= 15 is 0 Å². The van der Waals surface area contributed by atoms with Crippen LogP contribution in [0, 0.1) is 0 Å². The third kappa shape index (κ3) is 2.87. The molecule has 0 aromatic heterocycles. The number of hydrogen-bond donors (Lipinski definition) is 1. The molecule has 0 saturated heterocycles. The molecule has 0 aliphatic heterocycles. The van der Waals surface area contributed by atoms with Gasteiger partial charge < -0.3 is 9.84 Å². The second-order valence-electron chi connectivity index (χ2n) is 2.76. The zero-order valence-corrected chi connectivity index (χ0v) is 7.63. The molecule has 0 aliphatic carbocycles. The predicted molar refractivity (Wildman–Crippen MR) is 44.8 cm³/mol. The lowest BCUT2D eigenvalue weighted by Gasteiger charge is -2.11. The molecular weight excluding hydrogens is 213 g/mol. The van der Waals surface area contributed by atoms with Gasteiger partial charge in [0.15, 0.2) is 17.3 Å². The number of phenols is 1. The van der Waals surface area contributed by atoms with Gasteiger partial charge in [-0.25, -0.2) is 0 Å². The van der Waals surface area contributed by atoms with E-state index in [1.54, 1.807) is 0 Å². The molecule has 15 heavy (non-hydrogen) atoms. The van der Waals surface area contributed by atoms with Gasteiger partial charge in [-0.15, -0.1) is 13.2 Å². The number of para-hydroxylation sites is 1. The van der Waals surface area contributed by atoms with E-state index < -0.39 is 23.6 Å². The maximum atomic E-state index is 11.8. The summed E-state index contributed by atoms with van der Waals surface area (Å²) in [6, 6.07) is 3.33. The number of phenolic OH excluding ortho intramolecular Hbond substituents is 1. The number of Topliss-reactive ketones (excluding diaryl/α,β-unsaturated/α-hetero) is 1. The van der Waals surface area contributed by atoms with Gasteiger partial charge in [-0.05, 0) is 19.1 Å². The van der Waals surface area contributed by atoms with Crippen molar-refractivity contribution in [3.05, 3.63) is 23.8 Å². The van der Waals surface area contributed by atoms with Gasteiger partial charge in [0.1, 0.15) is 0 Å². The van der Waals surface area contributed by atoms with Crippen LogP contribution in [0.5, 0.6) is 11.5 Å². The third-order valence-corrected chi connectivity index (χ3v) is 1.60. The van der Waals surface area contributed by atoms with E-state index in [9.17, 15) is 23.1 Å². The Morgan fingerprint density at radius 1 is 1.40 bits per heavy atom. The Morgan fingerprint density at radius 3 is 2.47 bits per heavy atom. The number of ketones is 1. The van der Waals surface area contributed by atoms with Crippen LogP contribution in [0.1, 0.15) is 17.3 Å². The van der Waals surface area contributed by atoms with Crippen molar-refractivity contribution in [2.75, 3.05) is 0 Å². The number of ether oxygens (including phenoxy) is 1. The van der Waals surface area contributed by atoms with E-state index in [0.29, 0.717) is 0 Å². The van der Waals surface area contributed by atoms with Crippen molar-refractivity contribution < 1.29 is 27.8 Å². The normalized spacial score (nSPS) is 11.2. The van der Waals surface area contributed by atoms with Crippen molar-refractivity contribution in [1.82, 2.24) is 0 Å². The maximum absolute atomic E-state index is 11.8. The topological polar surface area (TPSA) is 46.5 Å². The first kappa shape index (κ1) is 11.4. The zero-order chi connectivity index (χ0) is 11.6. The summed E-state index contributed by atoms with van der Waals surface area (Å²) < 4.78 is 39.0. The number of carbonyl (C=O) groups excluding carboxylic acids is 1. The molecule has 0 unspecified atom stereocenters. The number of hydrogen-bond acceptors (Lipinski definition) is 3. The molecule has 0 spiro atoms. The Hall–Kier alpha value is -1.72. The van der Waals surface area contributed by atoms with E-state index in [2.05, 4.69) is 4.74 Å². The molecule has 0 bridgehead atoms. The highest BCUT2D eigenvalue weighted by molar-refractivity contribution is 5.97. The van der Waals surface area contributed by atoms with Crippen molar-refractivity contribution in [1.29, 1.82) is 0 Å². The van der Waals surface area contributed by atoms with Crippen LogP contribution in [0.15, 0.2) is 18.2 Å². The average molecular weight is 220 g/mol. The number of halogens is 3. The Morgan fingerprint density at radius 2 is 2.00 bits per heavy atom. The fraction of sp³-hybridized carbons (Fsp3) is 0.222. The highest BCUT2D eigenvalue weighted by atomic mass is 19.4. The molecule has 0 aliphatic rings. The summed E-state index contributed by atoms with van der Waals surface area (Å²) >= 11 is 0. The molecular formula is C9H7F3O3. The van der Waals surface area contributed by atoms with Gasteiger partial charge >= 0.3 is 6.36 Å². The van der Waals surface area contributed by atoms with E-state index in [-0.39, 0.29) is 5.56 Å². The number of aromatic hydroxyl groups is 1. The summed E-state index contributed by atoms with van der Waals surface area (Å²) in [5, 5.41) is 9.28. The van der Waals surface area contributed by atoms with Crippen LogP contribution in [0.2, 0.25) is 0 Å². The van der Waals surface area contributed by atoms with Crippen molar-refractivity contribution >= 4 is 5.78 Å². The molecule has 0 radical (unpaired) electrons. The largest absolute Gasteiger partial charge is 0.573 e. The van der Waals surface area contributed by atoms with Crippen molar-refractivity contribution in [2.45, 2.75) is 13.3 Å². The Bertz CT molecular complexity index is 385. The van der Waals surface area contributed by atoms with E-state index in [1.807, 2.05) is 0 Å². The molecule has 0 saturated carbocycles. The van der Waals surface area contributed by atoms with Gasteiger partial charge in [0.25, 0.3) is 0 Å². The van der Waals surface area contributed by atoms with Crippen molar-refractivity contribution in [2.24, 2.45) is 0 Å². The molecule has 3 nitrogen and oxygen atoms in total. The van der Waals surface area contributed by atoms with Gasteiger partial charge in [0.2, 0.25) is 0 Å². The van der Waals surface area contributed by atoms with Gasteiger partial charge in [-0.2, -0.15) is 0 Å². The van der Waals surface area contributed by atoms with Gasteiger partial charge in [0, 0.05) is 0 Å². The standard InChI is InChI=1S/C9H7F3O3/c1-5(13)6-3-2-4-7(8(6)14)15-9(10,11)12/h2-4,14H,1H3. The lowest BCUT2D eigenvalue weighted by molar-refractivity contribution is -0.275. The van der Waals surface area contributed by atoms with Crippen molar-refractivity contribution in [3.63, 3.8) is 0 Å². The highest BCUT2D eigenvalue weighted by Crippen LogP contribution is 2.33. The third-order valence-electron chi connectivity index (χ3n) is 1.60. The van der Waals surface area contributed by atoms with Gasteiger partial charge in [-0.1, -0.05) is 6.07 Å². The van der Waals surface area contributed by atoms with Crippen LogP contribution in [0.25, 0.3) is 0 Å². The first-order chi connectivity index (χ1) is 6.81. The van der Waals surface area contributed by atoms with Crippen molar-refractivity contribution in [3.8, 4) is 11.5 Å². The molecule has 0 fully saturated rings. The predicted octanol–water partition coefficient (Wildman–Crippen LogP) is 2.49. The molecule has 1 N–H and O–H groups in total.